The van der Waals surface area contributed by atoms with Gasteiger partial charge in [0.05, 0.1) is 0 Å². The summed E-state index contributed by atoms with van der Waals surface area (Å²) in [6.07, 6.45) is 7.84. The van der Waals surface area contributed by atoms with E-state index in [4.69, 9.17) is 0 Å². The van der Waals surface area contributed by atoms with Crippen LogP contribution in [-0.4, -0.2) is 46.6 Å². The number of piperidine rings is 1. The van der Waals surface area contributed by atoms with Crippen LogP contribution < -0.4 is 10.6 Å². The standard InChI is InChI=1S/C16H27N5/c1-3-14-15(17-4-2)18-11-19-16(14)20-12-7-9-21-8-5-6-13(21)10-12/h11-13H,3-10H2,1-2H3,(H2,17,18,19,20). The number of rotatable bonds is 5. The fourth-order valence-corrected chi connectivity index (χ4v) is 3.74. The molecule has 1 aromatic heterocycles. The maximum absolute atomic E-state index is 4.50. The molecule has 0 saturated carbocycles. The minimum absolute atomic E-state index is 0.555. The van der Waals surface area contributed by atoms with Crippen LogP contribution in [0.4, 0.5) is 11.6 Å². The fourth-order valence-electron chi connectivity index (χ4n) is 3.74. The van der Waals surface area contributed by atoms with Crippen molar-refractivity contribution in [2.75, 3.05) is 30.3 Å². The Balaban J connectivity index is 1.71. The Morgan fingerprint density at radius 3 is 2.86 bits per heavy atom. The highest BCUT2D eigenvalue weighted by atomic mass is 15.2. The molecule has 2 atom stereocenters. The average Bonchev–Trinajstić information content (AvgIpc) is 2.95. The number of hydrogen-bond acceptors (Lipinski definition) is 5. The molecule has 2 N–H and O–H groups in total. The van der Waals surface area contributed by atoms with E-state index in [1.807, 2.05) is 0 Å². The van der Waals surface area contributed by atoms with Crippen molar-refractivity contribution in [1.29, 1.82) is 0 Å². The lowest BCUT2D eigenvalue weighted by Gasteiger charge is -2.35. The van der Waals surface area contributed by atoms with Crippen LogP contribution in [0.3, 0.4) is 0 Å². The van der Waals surface area contributed by atoms with Crippen molar-refractivity contribution in [3.8, 4) is 0 Å². The Kier molecular flexibility index (Phi) is 4.58. The second kappa shape index (κ2) is 6.60. The molecular formula is C16H27N5. The monoisotopic (exact) mass is 289 g/mol. The molecule has 0 bridgehead atoms. The maximum atomic E-state index is 4.50. The molecule has 2 aliphatic heterocycles. The molecule has 0 spiro atoms. The summed E-state index contributed by atoms with van der Waals surface area (Å²) in [5, 5.41) is 7.04. The lowest BCUT2D eigenvalue weighted by atomic mass is 9.97. The maximum Gasteiger partial charge on any atom is 0.134 e. The molecule has 5 heteroatoms. The highest BCUT2D eigenvalue weighted by Crippen LogP contribution is 2.29. The summed E-state index contributed by atoms with van der Waals surface area (Å²) in [5.74, 6) is 2.01. The Hall–Kier alpha value is -1.36. The van der Waals surface area contributed by atoms with Gasteiger partial charge in [-0.1, -0.05) is 6.92 Å². The molecule has 0 radical (unpaired) electrons. The Labute approximate surface area is 127 Å². The van der Waals surface area contributed by atoms with Gasteiger partial charge in [0, 0.05) is 30.7 Å². The zero-order valence-corrected chi connectivity index (χ0v) is 13.2. The SMILES string of the molecule is CCNc1ncnc(NC2CCN3CCCC3C2)c1CC. The van der Waals surface area contributed by atoms with E-state index in [-0.39, 0.29) is 0 Å². The van der Waals surface area contributed by atoms with Gasteiger partial charge < -0.3 is 15.5 Å². The summed E-state index contributed by atoms with van der Waals surface area (Å²) in [4.78, 5) is 11.5. The average molecular weight is 289 g/mol. The molecule has 3 rings (SSSR count). The van der Waals surface area contributed by atoms with Gasteiger partial charge in [0.1, 0.15) is 18.0 Å². The molecule has 2 aliphatic rings. The highest BCUT2D eigenvalue weighted by Gasteiger charge is 2.32. The van der Waals surface area contributed by atoms with Crippen molar-refractivity contribution in [3.63, 3.8) is 0 Å². The van der Waals surface area contributed by atoms with E-state index in [0.29, 0.717) is 6.04 Å². The van der Waals surface area contributed by atoms with E-state index in [1.165, 1.54) is 44.3 Å². The molecule has 3 heterocycles. The van der Waals surface area contributed by atoms with Crippen LogP contribution >= 0.6 is 0 Å². The van der Waals surface area contributed by atoms with Crippen molar-refractivity contribution < 1.29 is 0 Å². The third-order valence-corrected chi connectivity index (χ3v) is 4.80. The summed E-state index contributed by atoms with van der Waals surface area (Å²) in [6.45, 7) is 7.70. The minimum atomic E-state index is 0.555. The predicted molar refractivity (Wildman–Crippen MR) is 86.8 cm³/mol. The second-order valence-corrected chi connectivity index (χ2v) is 6.13. The first kappa shape index (κ1) is 14.6. The molecule has 0 amide bonds. The van der Waals surface area contributed by atoms with E-state index < -0.39 is 0 Å². The van der Waals surface area contributed by atoms with Crippen LogP contribution in [0.5, 0.6) is 0 Å². The van der Waals surface area contributed by atoms with Crippen molar-refractivity contribution >= 4 is 11.6 Å². The molecule has 21 heavy (non-hydrogen) atoms. The van der Waals surface area contributed by atoms with Crippen molar-refractivity contribution in [2.24, 2.45) is 0 Å². The lowest BCUT2D eigenvalue weighted by Crippen LogP contribution is -2.43. The van der Waals surface area contributed by atoms with Crippen LogP contribution in [0.2, 0.25) is 0 Å². The van der Waals surface area contributed by atoms with Crippen LogP contribution in [0.15, 0.2) is 6.33 Å². The van der Waals surface area contributed by atoms with Crippen LogP contribution in [-0.2, 0) is 6.42 Å². The molecule has 0 aromatic carbocycles. The minimum Gasteiger partial charge on any atom is -0.370 e. The second-order valence-electron chi connectivity index (χ2n) is 6.13. The fraction of sp³-hybridized carbons (Fsp3) is 0.750. The predicted octanol–water partition coefficient (Wildman–Crippen LogP) is 2.51. The summed E-state index contributed by atoms with van der Waals surface area (Å²) in [7, 11) is 0. The molecule has 0 aliphatic carbocycles. The van der Waals surface area contributed by atoms with Gasteiger partial charge in [0.25, 0.3) is 0 Å². The summed E-state index contributed by atoms with van der Waals surface area (Å²) >= 11 is 0. The zero-order valence-electron chi connectivity index (χ0n) is 13.2. The molecule has 116 valence electrons. The van der Waals surface area contributed by atoms with Gasteiger partial charge in [-0.05, 0) is 45.6 Å². The van der Waals surface area contributed by atoms with Crippen LogP contribution in [0.25, 0.3) is 0 Å². The Morgan fingerprint density at radius 2 is 2.05 bits per heavy atom. The van der Waals surface area contributed by atoms with E-state index in [1.54, 1.807) is 6.33 Å². The number of nitrogens with one attached hydrogen (secondary N) is 2. The topological polar surface area (TPSA) is 53.1 Å². The van der Waals surface area contributed by atoms with Gasteiger partial charge in [-0.3, -0.25) is 0 Å². The van der Waals surface area contributed by atoms with Gasteiger partial charge >= 0.3 is 0 Å². The Bertz CT molecular complexity index is 476. The first-order valence-corrected chi connectivity index (χ1v) is 8.40. The molecule has 2 saturated heterocycles. The number of nitrogens with zero attached hydrogens (tertiary/aromatic N) is 3. The number of hydrogen-bond donors (Lipinski definition) is 2. The molecule has 1 aromatic rings. The quantitative estimate of drug-likeness (QED) is 0.872. The van der Waals surface area contributed by atoms with E-state index in [9.17, 15) is 0 Å². The normalized spacial score (nSPS) is 25.6. The molecular weight excluding hydrogens is 262 g/mol. The largest absolute Gasteiger partial charge is 0.370 e. The first-order chi connectivity index (χ1) is 10.3. The molecule has 2 unspecified atom stereocenters. The Morgan fingerprint density at radius 1 is 1.19 bits per heavy atom. The smallest absolute Gasteiger partial charge is 0.134 e. The van der Waals surface area contributed by atoms with Crippen molar-refractivity contribution in [3.05, 3.63) is 11.9 Å². The van der Waals surface area contributed by atoms with Gasteiger partial charge in [-0.25, -0.2) is 9.97 Å². The first-order valence-electron chi connectivity index (χ1n) is 8.40. The van der Waals surface area contributed by atoms with Gasteiger partial charge in [-0.15, -0.1) is 0 Å². The van der Waals surface area contributed by atoms with Gasteiger partial charge in [-0.2, -0.15) is 0 Å². The van der Waals surface area contributed by atoms with E-state index in [0.717, 1.165) is 30.6 Å². The molecule has 5 nitrogen and oxygen atoms in total. The lowest BCUT2D eigenvalue weighted by molar-refractivity contribution is 0.188. The van der Waals surface area contributed by atoms with E-state index in [2.05, 4.69) is 39.3 Å². The van der Waals surface area contributed by atoms with E-state index >= 15 is 0 Å². The van der Waals surface area contributed by atoms with Crippen LogP contribution in [0, 0.1) is 0 Å². The van der Waals surface area contributed by atoms with Crippen molar-refractivity contribution in [2.45, 2.75) is 58.0 Å². The van der Waals surface area contributed by atoms with Gasteiger partial charge in [0.15, 0.2) is 0 Å². The highest BCUT2D eigenvalue weighted by molar-refractivity contribution is 5.57. The van der Waals surface area contributed by atoms with Crippen LogP contribution in [0.1, 0.15) is 45.1 Å². The number of anilines is 2. The summed E-state index contributed by atoms with van der Waals surface area (Å²) in [6, 6.07) is 1.34. The number of aromatic nitrogens is 2. The molecule has 2 fully saturated rings. The summed E-state index contributed by atoms with van der Waals surface area (Å²) in [5.41, 5.74) is 1.22. The zero-order chi connectivity index (χ0) is 14.7. The number of fused-ring (bicyclic) bond motifs is 1. The van der Waals surface area contributed by atoms with Gasteiger partial charge in [0.2, 0.25) is 0 Å². The summed E-state index contributed by atoms with van der Waals surface area (Å²) < 4.78 is 0. The van der Waals surface area contributed by atoms with Crippen molar-refractivity contribution in [1.82, 2.24) is 14.9 Å². The third-order valence-electron chi connectivity index (χ3n) is 4.80. The third kappa shape index (κ3) is 3.12.